The molecule has 1 aliphatic rings. The molecule has 0 spiro atoms. The number of unbranched alkanes of at least 4 members (excludes halogenated alkanes) is 1. The number of hydrogen-bond donors (Lipinski definition) is 1. The van der Waals surface area contributed by atoms with Gasteiger partial charge in [0, 0.05) is 18.0 Å². The quantitative estimate of drug-likeness (QED) is 0.738. The van der Waals surface area contributed by atoms with E-state index in [0.717, 1.165) is 31.6 Å². The van der Waals surface area contributed by atoms with Gasteiger partial charge in [0.2, 0.25) is 0 Å². The lowest BCUT2D eigenvalue weighted by Gasteiger charge is -2.42. The highest BCUT2D eigenvalue weighted by molar-refractivity contribution is 5.47. The van der Waals surface area contributed by atoms with Crippen molar-refractivity contribution in [2.75, 3.05) is 6.54 Å². The molecular formula is C19H31NO. The van der Waals surface area contributed by atoms with Crippen LogP contribution in [0.25, 0.3) is 0 Å². The number of benzene rings is 1. The predicted octanol–water partition coefficient (Wildman–Crippen LogP) is 5.08. The van der Waals surface area contributed by atoms with Crippen LogP contribution in [0.3, 0.4) is 0 Å². The van der Waals surface area contributed by atoms with E-state index in [9.17, 15) is 0 Å². The zero-order valence-electron chi connectivity index (χ0n) is 14.4. The molecule has 1 unspecified atom stereocenters. The molecule has 2 rings (SSSR count). The van der Waals surface area contributed by atoms with E-state index in [1.807, 2.05) is 0 Å². The van der Waals surface area contributed by atoms with Crippen molar-refractivity contribution < 1.29 is 4.74 Å². The van der Waals surface area contributed by atoms with Crippen LogP contribution in [0.4, 0.5) is 0 Å². The fourth-order valence-corrected chi connectivity index (χ4v) is 3.44. The maximum absolute atomic E-state index is 6.50. The van der Waals surface area contributed by atoms with Gasteiger partial charge in [-0.15, -0.1) is 0 Å². The molecule has 0 aliphatic carbocycles. The molecule has 0 radical (unpaired) electrons. The van der Waals surface area contributed by atoms with Gasteiger partial charge in [0.05, 0.1) is 0 Å². The first-order valence-corrected chi connectivity index (χ1v) is 8.58. The third-order valence-corrected chi connectivity index (χ3v) is 4.93. The van der Waals surface area contributed by atoms with E-state index in [0.29, 0.717) is 6.04 Å². The Hall–Kier alpha value is -1.02. The van der Waals surface area contributed by atoms with Crippen molar-refractivity contribution in [2.24, 2.45) is 0 Å². The van der Waals surface area contributed by atoms with Gasteiger partial charge in [0.15, 0.2) is 0 Å². The van der Waals surface area contributed by atoms with Gasteiger partial charge in [0.1, 0.15) is 11.4 Å². The van der Waals surface area contributed by atoms with Gasteiger partial charge in [-0.05, 0) is 45.2 Å². The predicted molar refractivity (Wildman–Crippen MR) is 90.1 cm³/mol. The Kier molecular flexibility index (Phi) is 5.32. The molecule has 1 aromatic rings. The van der Waals surface area contributed by atoms with Crippen LogP contribution in [-0.4, -0.2) is 12.1 Å². The van der Waals surface area contributed by atoms with E-state index in [-0.39, 0.29) is 5.60 Å². The number of fused-ring (bicyclic) bond motifs is 1. The summed E-state index contributed by atoms with van der Waals surface area (Å²) in [5, 5.41) is 3.78. The molecule has 118 valence electrons. The van der Waals surface area contributed by atoms with Crippen molar-refractivity contribution in [3.05, 3.63) is 28.8 Å². The number of hydrogen-bond acceptors (Lipinski definition) is 2. The summed E-state index contributed by atoms with van der Waals surface area (Å²) in [6.45, 7) is 12.2. The van der Waals surface area contributed by atoms with Crippen LogP contribution in [0.5, 0.6) is 5.75 Å². The lowest BCUT2D eigenvalue weighted by Crippen LogP contribution is -2.43. The maximum Gasteiger partial charge on any atom is 0.127 e. The molecule has 21 heavy (non-hydrogen) atoms. The van der Waals surface area contributed by atoms with E-state index in [1.54, 1.807) is 0 Å². The summed E-state index contributed by atoms with van der Waals surface area (Å²) >= 11 is 0. The highest BCUT2D eigenvalue weighted by Crippen LogP contribution is 2.44. The number of aryl methyl sites for hydroxylation is 2. The van der Waals surface area contributed by atoms with Crippen LogP contribution < -0.4 is 10.1 Å². The highest BCUT2D eigenvalue weighted by atomic mass is 16.5. The maximum atomic E-state index is 6.50. The fraction of sp³-hybridized carbons (Fsp3) is 0.684. The van der Waals surface area contributed by atoms with Crippen molar-refractivity contribution in [1.29, 1.82) is 0 Å². The summed E-state index contributed by atoms with van der Waals surface area (Å²) in [5.41, 5.74) is 3.97. The lowest BCUT2D eigenvalue weighted by atomic mass is 9.82. The molecule has 1 N–H and O–H groups in total. The van der Waals surface area contributed by atoms with Gasteiger partial charge in [-0.2, -0.15) is 0 Å². The SMILES string of the molecule is CCCCNC1CC(CC)(CC)Oc2c(C)cc(C)cc21. The van der Waals surface area contributed by atoms with E-state index < -0.39 is 0 Å². The zero-order valence-corrected chi connectivity index (χ0v) is 14.4. The Bertz CT molecular complexity index is 477. The third kappa shape index (κ3) is 3.42. The fourth-order valence-electron chi connectivity index (χ4n) is 3.44. The molecule has 2 nitrogen and oxygen atoms in total. The Morgan fingerprint density at radius 1 is 1.19 bits per heavy atom. The molecule has 1 heterocycles. The first kappa shape index (κ1) is 16.4. The molecule has 0 amide bonds. The summed E-state index contributed by atoms with van der Waals surface area (Å²) in [4.78, 5) is 0. The molecule has 0 saturated heterocycles. The second-order valence-electron chi connectivity index (χ2n) is 6.56. The molecule has 0 fully saturated rings. The van der Waals surface area contributed by atoms with Crippen molar-refractivity contribution in [2.45, 2.75) is 78.4 Å². The summed E-state index contributed by atoms with van der Waals surface area (Å²) in [5.74, 6) is 1.13. The number of ether oxygens (including phenoxy) is 1. The van der Waals surface area contributed by atoms with E-state index in [4.69, 9.17) is 4.74 Å². The third-order valence-electron chi connectivity index (χ3n) is 4.93. The second-order valence-corrected chi connectivity index (χ2v) is 6.56. The van der Waals surface area contributed by atoms with E-state index in [1.165, 1.54) is 29.5 Å². The van der Waals surface area contributed by atoms with Gasteiger partial charge in [-0.1, -0.05) is 44.9 Å². The first-order valence-electron chi connectivity index (χ1n) is 8.58. The standard InChI is InChI=1S/C19H31NO/c1-6-9-10-20-17-13-19(7-2,8-3)21-18-15(5)11-14(4)12-16(17)18/h11-12,17,20H,6-10,13H2,1-5H3. The molecule has 2 heteroatoms. The Morgan fingerprint density at radius 2 is 1.90 bits per heavy atom. The van der Waals surface area contributed by atoms with Crippen LogP contribution in [0.1, 0.15) is 75.6 Å². The average molecular weight is 289 g/mol. The van der Waals surface area contributed by atoms with Gasteiger partial charge >= 0.3 is 0 Å². The summed E-state index contributed by atoms with van der Waals surface area (Å²) in [7, 11) is 0. The minimum atomic E-state index is -0.00308. The van der Waals surface area contributed by atoms with Gasteiger partial charge in [-0.25, -0.2) is 0 Å². The van der Waals surface area contributed by atoms with Crippen LogP contribution >= 0.6 is 0 Å². The van der Waals surface area contributed by atoms with Crippen molar-refractivity contribution in [1.82, 2.24) is 5.32 Å². The monoisotopic (exact) mass is 289 g/mol. The largest absolute Gasteiger partial charge is 0.487 e. The van der Waals surface area contributed by atoms with Crippen molar-refractivity contribution in [3.8, 4) is 5.75 Å². The molecule has 0 bridgehead atoms. The topological polar surface area (TPSA) is 21.3 Å². The van der Waals surface area contributed by atoms with Crippen molar-refractivity contribution >= 4 is 0 Å². The number of rotatable bonds is 6. The molecule has 0 saturated carbocycles. The molecule has 0 aromatic heterocycles. The Balaban J connectivity index is 2.36. The zero-order chi connectivity index (χ0) is 15.5. The normalized spacial score (nSPS) is 20.0. The smallest absolute Gasteiger partial charge is 0.127 e. The second kappa shape index (κ2) is 6.83. The molecule has 1 aromatic carbocycles. The molecule has 1 aliphatic heterocycles. The Morgan fingerprint density at radius 3 is 2.52 bits per heavy atom. The van der Waals surface area contributed by atoms with Gasteiger partial charge in [-0.3, -0.25) is 0 Å². The Labute approximate surface area is 130 Å². The first-order chi connectivity index (χ1) is 10.0. The van der Waals surface area contributed by atoms with E-state index in [2.05, 4.69) is 52.1 Å². The highest BCUT2D eigenvalue weighted by Gasteiger charge is 2.38. The van der Waals surface area contributed by atoms with Crippen LogP contribution in [0.2, 0.25) is 0 Å². The summed E-state index contributed by atoms with van der Waals surface area (Å²) < 4.78 is 6.50. The van der Waals surface area contributed by atoms with Gasteiger partial charge < -0.3 is 10.1 Å². The van der Waals surface area contributed by atoms with Crippen LogP contribution in [0, 0.1) is 13.8 Å². The minimum Gasteiger partial charge on any atom is -0.487 e. The molecular weight excluding hydrogens is 258 g/mol. The molecule has 1 atom stereocenters. The van der Waals surface area contributed by atoms with Crippen LogP contribution in [-0.2, 0) is 0 Å². The minimum absolute atomic E-state index is 0.00308. The van der Waals surface area contributed by atoms with Crippen molar-refractivity contribution in [3.63, 3.8) is 0 Å². The van der Waals surface area contributed by atoms with Gasteiger partial charge in [0.25, 0.3) is 0 Å². The number of nitrogens with one attached hydrogen (secondary N) is 1. The van der Waals surface area contributed by atoms with E-state index >= 15 is 0 Å². The van der Waals surface area contributed by atoms with Crippen LogP contribution in [0.15, 0.2) is 12.1 Å². The summed E-state index contributed by atoms with van der Waals surface area (Å²) in [6, 6.07) is 4.98. The average Bonchev–Trinajstić information content (AvgIpc) is 2.48. The lowest BCUT2D eigenvalue weighted by molar-refractivity contribution is 0.0220. The summed E-state index contributed by atoms with van der Waals surface area (Å²) in [6.07, 6.45) is 5.70.